The Labute approximate surface area is 191 Å². The van der Waals surface area contributed by atoms with E-state index in [2.05, 4.69) is 15.1 Å². The average Bonchev–Trinajstić information content (AvgIpc) is 2.78. The molecule has 3 aromatic carbocycles. The Morgan fingerprint density at radius 3 is 2.61 bits per heavy atom. The SMILES string of the molecule is NN=C(C=Nc1ccc(O)cc1)c1ccc2c(Oc3ccc(F)c(I)c3)cccc2n1. The van der Waals surface area contributed by atoms with E-state index in [0.29, 0.717) is 37.7 Å². The summed E-state index contributed by atoms with van der Waals surface area (Å²) < 4.78 is 20.0. The van der Waals surface area contributed by atoms with Crippen LogP contribution >= 0.6 is 22.6 Å². The molecule has 0 fully saturated rings. The molecule has 6 nitrogen and oxygen atoms in total. The number of halogens is 2. The minimum Gasteiger partial charge on any atom is -0.508 e. The van der Waals surface area contributed by atoms with Crippen molar-refractivity contribution < 1.29 is 14.2 Å². The Bertz CT molecular complexity index is 1310. The maximum absolute atomic E-state index is 13.5. The lowest BCUT2D eigenvalue weighted by molar-refractivity contribution is 0.475. The van der Waals surface area contributed by atoms with Crippen molar-refractivity contribution in [1.29, 1.82) is 0 Å². The van der Waals surface area contributed by atoms with E-state index in [-0.39, 0.29) is 11.6 Å². The predicted molar refractivity (Wildman–Crippen MR) is 128 cm³/mol. The number of hydrogen-bond acceptors (Lipinski definition) is 6. The molecule has 0 aliphatic carbocycles. The van der Waals surface area contributed by atoms with Crippen molar-refractivity contribution in [2.75, 3.05) is 0 Å². The Hall–Kier alpha value is -3.53. The van der Waals surface area contributed by atoms with Gasteiger partial charge >= 0.3 is 0 Å². The van der Waals surface area contributed by atoms with Crippen LogP contribution < -0.4 is 10.6 Å². The van der Waals surface area contributed by atoms with Crippen molar-refractivity contribution in [3.8, 4) is 17.2 Å². The molecule has 0 radical (unpaired) electrons. The first-order valence-corrected chi connectivity index (χ1v) is 10.3. The first kappa shape index (κ1) is 20.7. The molecule has 0 aliphatic rings. The van der Waals surface area contributed by atoms with Crippen LogP contribution in [0.1, 0.15) is 5.69 Å². The third-order valence-electron chi connectivity index (χ3n) is 4.40. The summed E-state index contributed by atoms with van der Waals surface area (Å²) in [6.45, 7) is 0. The third kappa shape index (κ3) is 4.80. The first-order valence-electron chi connectivity index (χ1n) is 9.17. The number of aromatic nitrogens is 1. The number of ether oxygens (including phenoxy) is 1. The highest BCUT2D eigenvalue weighted by Gasteiger charge is 2.10. The number of pyridine rings is 1. The van der Waals surface area contributed by atoms with Crippen LogP contribution in [0.25, 0.3) is 10.9 Å². The Balaban J connectivity index is 1.63. The van der Waals surface area contributed by atoms with Crippen LogP contribution in [0.2, 0.25) is 0 Å². The normalized spacial score (nSPS) is 11.9. The number of nitrogens with zero attached hydrogens (tertiary/aromatic N) is 3. The molecule has 0 spiro atoms. The van der Waals surface area contributed by atoms with Gasteiger partial charge in [-0.05, 0) is 89.3 Å². The van der Waals surface area contributed by atoms with E-state index >= 15 is 0 Å². The zero-order chi connectivity index (χ0) is 21.8. The summed E-state index contributed by atoms with van der Waals surface area (Å²) in [5, 5.41) is 14.0. The van der Waals surface area contributed by atoms with E-state index in [1.165, 1.54) is 12.3 Å². The summed E-state index contributed by atoms with van der Waals surface area (Å²) in [4.78, 5) is 8.94. The monoisotopic (exact) mass is 526 g/mol. The number of aromatic hydroxyl groups is 1. The quantitative estimate of drug-likeness (QED) is 0.155. The molecule has 31 heavy (non-hydrogen) atoms. The molecule has 0 aliphatic heterocycles. The molecule has 0 saturated carbocycles. The highest BCUT2D eigenvalue weighted by atomic mass is 127. The van der Waals surface area contributed by atoms with Gasteiger partial charge in [-0.1, -0.05) is 6.07 Å². The molecule has 0 amide bonds. The molecule has 1 heterocycles. The van der Waals surface area contributed by atoms with Crippen LogP contribution in [0.4, 0.5) is 10.1 Å². The third-order valence-corrected chi connectivity index (χ3v) is 5.22. The van der Waals surface area contributed by atoms with Crippen molar-refractivity contribution in [2.45, 2.75) is 0 Å². The van der Waals surface area contributed by atoms with Gasteiger partial charge in [0, 0.05) is 5.39 Å². The summed E-state index contributed by atoms with van der Waals surface area (Å²) in [6, 6.07) is 20.2. The number of hydrogen-bond donors (Lipinski definition) is 2. The van der Waals surface area contributed by atoms with Gasteiger partial charge in [-0.15, -0.1) is 0 Å². The van der Waals surface area contributed by atoms with Crippen LogP contribution in [0, 0.1) is 9.39 Å². The second-order valence-corrected chi connectivity index (χ2v) is 7.65. The molecule has 4 aromatic rings. The van der Waals surface area contributed by atoms with Crippen molar-refractivity contribution in [3.63, 3.8) is 0 Å². The van der Waals surface area contributed by atoms with E-state index in [4.69, 9.17) is 10.6 Å². The van der Waals surface area contributed by atoms with Crippen LogP contribution in [0.3, 0.4) is 0 Å². The number of rotatable bonds is 5. The molecule has 0 atom stereocenters. The lowest BCUT2D eigenvalue weighted by atomic mass is 10.1. The van der Waals surface area contributed by atoms with Crippen LogP contribution in [-0.2, 0) is 0 Å². The number of aliphatic imine (C=N–C) groups is 1. The highest BCUT2D eigenvalue weighted by molar-refractivity contribution is 14.1. The Morgan fingerprint density at radius 1 is 1.06 bits per heavy atom. The molecule has 0 saturated heterocycles. The zero-order valence-corrected chi connectivity index (χ0v) is 18.2. The van der Waals surface area contributed by atoms with Crippen LogP contribution in [-0.4, -0.2) is 22.0 Å². The lowest BCUT2D eigenvalue weighted by Gasteiger charge is -2.10. The molecule has 0 bridgehead atoms. The molecular formula is C23H16FIN4O2. The van der Waals surface area contributed by atoms with Gasteiger partial charge in [0.2, 0.25) is 0 Å². The molecule has 4 rings (SSSR count). The van der Waals surface area contributed by atoms with Gasteiger partial charge in [0.15, 0.2) is 0 Å². The number of benzene rings is 3. The Morgan fingerprint density at radius 2 is 1.87 bits per heavy atom. The molecule has 1 aromatic heterocycles. The average molecular weight is 526 g/mol. The van der Waals surface area contributed by atoms with Crippen molar-refractivity contribution in [1.82, 2.24) is 4.98 Å². The maximum atomic E-state index is 13.5. The fourth-order valence-corrected chi connectivity index (χ4v) is 3.35. The zero-order valence-electron chi connectivity index (χ0n) is 16.0. The van der Waals surface area contributed by atoms with Gasteiger partial charge in [0.25, 0.3) is 0 Å². The van der Waals surface area contributed by atoms with Crippen molar-refractivity contribution in [3.05, 3.63) is 87.9 Å². The summed E-state index contributed by atoms with van der Waals surface area (Å²) in [5.74, 6) is 6.56. The number of fused-ring (bicyclic) bond motifs is 1. The molecule has 154 valence electrons. The van der Waals surface area contributed by atoms with Gasteiger partial charge in [-0.2, -0.15) is 5.10 Å². The maximum Gasteiger partial charge on any atom is 0.136 e. The fraction of sp³-hybridized carbons (Fsp3) is 0. The van der Waals surface area contributed by atoms with Gasteiger partial charge in [0.1, 0.15) is 28.8 Å². The van der Waals surface area contributed by atoms with E-state index in [1.807, 2.05) is 46.9 Å². The summed E-state index contributed by atoms with van der Waals surface area (Å²) >= 11 is 1.92. The fourth-order valence-electron chi connectivity index (χ4n) is 2.87. The number of nitrogens with two attached hydrogens (primary N) is 1. The van der Waals surface area contributed by atoms with E-state index in [1.54, 1.807) is 42.5 Å². The van der Waals surface area contributed by atoms with Gasteiger partial charge in [-0.25, -0.2) is 9.37 Å². The van der Waals surface area contributed by atoms with Crippen molar-refractivity contribution >= 4 is 51.1 Å². The van der Waals surface area contributed by atoms with E-state index in [0.717, 1.165) is 5.39 Å². The van der Waals surface area contributed by atoms with Gasteiger partial charge < -0.3 is 15.7 Å². The van der Waals surface area contributed by atoms with Crippen LogP contribution in [0.15, 0.2) is 82.9 Å². The molecular weight excluding hydrogens is 510 g/mol. The van der Waals surface area contributed by atoms with E-state index in [9.17, 15) is 9.50 Å². The number of phenolic OH excluding ortho intramolecular Hbond substituents is 1. The smallest absolute Gasteiger partial charge is 0.136 e. The predicted octanol–water partition coefficient (Wildman–Crippen LogP) is 5.54. The first-order chi connectivity index (χ1) is 15.0. The van der Waals surface area contributed by atoms with Gasteiger partial charge in [-0.3, -0.25) is 4.99 Å². The molecule has 0 unspecified atom stereocenters. The molecule has 3 N–H and O–H groups in total. The highest BCUT2D eigenvalue weighted by Crippen LogP contribution is 2.30. The second kappa shape index (κ2) is 9.09. The summed E-state index contributed by atoms with van der Waals surface area (Å²) in [6.07, 6.45) is 1.52. The van der Waals surface area contributed by atoms with Crippen LogP contribution in [0.5, 0.6) is 17.2 Å². The second-order valence-electron chi connectivity index (χ2n) is 6.49. The molecule has 8 heteroatoms. The lowest BCUT2D eigenvalue weighted by Crippen LogP contribution is -2.08. The van der Waals surface area contributed by atoms with Crippen molar-refractivity contribution in [2.24, 2.45) is 15.9 Å². The van der Waals surface area contributed by atoms with Gasteiger partial charge in [0.05, 0.1) is 26.7 Å². The van der Waals surface area contributed by atoms with E-state index < -0.39 is 0 Å². The topological polar surface area (TPSA) is 93.1 Å². The minimum atomic E-state index is -0.292. The Kier molecular flexibility index (Phi) is 6.08. The minimum absolute atomic E-state index is 0.163. The number of hydrazone groups is 1. The summed E-state index contributed by atoms with van der Waals surface area (Å²) in [5.41, 5.74) is 2.27. The number of phenols is 1. The standard InChI is InChI=1S/C23H16FIN4O2/c24-18-10-8-16(12-19(18)25)31-23-3-1-2-20-17(23)9-11-21(28-20)22(29-26)13-27-14-4-6-15(30)7-5-14/h1-13,30H,26H2. The largest absolute Gasteiger partial charge is 0.508 e. The summed E-state index contributed by atoms with van der Waals surface area (Å²) in [7, 11) is 0.